The fourth-order valence-electron chi connectivity index (χ4n) is 3.08. The normalized spacial score (nSPS) is 10.8. The molecular formula is C24H23N5O3S3. The van der Waals surface area contributed by atoms with Crippen molar-refractivity contribution in [2.75, 3.05) is 17.7 Å². The molecule has 0 aliphatic carbocycles. The van der Waals surface area contributed by atoms with Crippen LogP contribution in [0.1, 0.15) is 18.4 Å². The van der Waals surface area contributed by atoms with Crippen LogP contribution in [0.5, 0.6) is 0 Å². The number of benzene rings is 2. The fourth-order valence-corrected chi connectivity index (χ4v) is 5.41. The zero-order valence-corrected chi connectivity index (χ0v) is 21.4. The van der Waals surface area contributed by atoms with E-state index in [9.17, 15) is 9.59 Å². The largest absolute Gasteiger partial charge is 0.466 e. The van der Waals surface area contributed by atoms with Gasteiger partial charge in [-0.15, -0.1) is 33.3 Å². The number of anilines is 1. The summed E-state index contributed by atoms with van der Waals surface area (Å²) in [6.45, 7) is 2.08. The van der Waals surface area contributed by atoms with Gasteiger partial charge in [-0.3, -0.25) is 14.2 Å². The summed E-state index contributed by atoms with van der Waals surface area (Å²) in [5.74, 6) is 1.03. The molecule has 0 bridgehead atoms. The van der Waals surface area contributed by atoms with E-state index in [0.717, 1.165) is 16.4 Å². The van der Waals surface area contributed by atoms with E-state index < -0.39 is 0 Å². The van der Waals surface area contributed by atoms with Crippen LogP contribution in [0.15, 0.2) is 76.1 Å². The Morgan fingerprint density at radius 2 is 1.77 bits per heavy atom. The molecule has 0 saturated carbocycles. The molecule has 0 saturated heterocycles. The number of amides is 1. The van der Waals surface area contributed by atoms with Gasteiger partial charge in [-0.1, -0.05) is 48.2 Å². The van der Waals surface area contributed by atoms with Crippen molar-refractivity contribution >= 4 is 51.9 Å². The number of thiazole rings is 1. The number of ether oxygens (including phenoxy) is 1. The molecule has 0 unspecified atom stereocenters. The Balaban J connectivity index is 1.40. The van der Waals surface area contributed by atoms with E-state index in [1.807, 2.05) is 53.1 Å². The Kier molecular flexibility index (Phi) is 8.93. The summed E-state index contributed by atoms with van der Waals surface area (Å²) in [4.78, 5) is 29.6. The first-order valence-corrected chi connectivity index (χ1v) is 13.7. The van der Waals surface area contributed by atoms with Gasteiger partial charge in [0.05, 0.1) is 30.2 Å². The number of aromatic nitrogens is 4. The number of carbonyl (C=O) groups is 2. The molecule has 4 rings (SSSR count). The Hall–Kier alpha value is -3.15. The second kappa shape index (κ2) is 12.5. The highest BCUT2D eigenvalue weighted by atomic mass is 32.2. The Labute approximate surface area is 215 Å². The Morgan fingerprint density at radius 3 is 2.51 bits per heavy atom. The predicted molar refractivity (Wildman–Crippen MR) is 139 cm³/mol. The fraction of sp³-hybridized carbons (Fsp3) is 0.208. The van der Waals surface area contributed by atoms with E-state index in [-0.39, 0.29) is 24.1 Å². The van der Waals surface area contributed by atoms with Crippen LogP contribution >= 0.6 is 34.9 Å². The molecule has 0 atom stereocenters. The van der Waals surface area contributed by atoms with Crippen molar-refractivity contribution < 1.29 is 14.3 Å². The smallest absolute Gasteiger partial charge is 0.311 e. The van der Waals surface area contributed by atoms with Crippen LogP contribution < -0.4 is 5.32 Å². The molecule has 0 aliphatic rings. The van der Waals surface area contributed by atoms with Crippen molar-refractivity contribution in [3.05, 3.63) is 77.6 Å². The number of nitrogens with one attached hydrogen (secondary N) is 1. The molecule has 2 heterocycles. The highest BCUT2D eigenvalue weighted by molar-refractivity contribution is 7.99. The van der Waals surface area contributed by atoms with E-state index in [0.29, 0.717) is 28.3 Å². The maximum atomic E-state index is 12.6. The van der Waals surface area contributed by atoms with Crippen LogP contribution in [0.3, 0.4) is 0 Å². The van der Waals surface area contributed by atoms with Crippen LogP contribution in [0.4, 0.5) is 5.13 Å². The third-order valence-corrected chi connectivity index (χ3v) is 7.33. The van der Waals surface area contributed by atoms with E-state index >= 15 is 0 Å². The first-order valence-electron chi connectivity index (χ1n) is 10.8. The number of nitrogens with zero attached hydrogens (tertiary/aromatic N) is 4. The SMILES string of the molecule is CCOC(=O)Cc1csc(NC(=O)CSc2nnc(CSc3ccccc3)n2-c2ccccc2)n1. The molecular weight excluding hydrogens is 502 g/mol. The standard InChI is InChI=1S/C24H23N5O3S3/c1-2-32-22(31)13-17-14-34-23(25-17)26-21(30)16-35-24-28-27-20(15-33-19-11-7-4-8-12-19)29(24)18-9-5-3-6-10-18/h3-12,14H,2,13,15-16H2,1H3,(H,25,26,30). The van der Waals surface area contributed by atoms with Gasteiger partial charge < -0.3 is 10.1 Å². The zero-order chi connectivity index (χ0) is 24.5. The van der Waals surface area contributed by atoms with E-state index in [4.69, 9.17) is 4.74 Å². The number of carbonyl (C=O) groups excluding carboxylic acids is 2. The lowest BCUT2D eigenvalue weighted by atomic mass is 10.3. The highest BCUT2D eigenvalue weighted by Crippen LogP contribution is 2.27. The number of hydrogen-bond donors (Lipinski definition) is 1. The van der Waals surface area contributed by atoms with E-state index in [2.05, 4.69) is 32.6 Å². The maximum absolute atomic E-state index is 12.6. The number of esters is 1. The highest BCUT2D eigenvalue weighted by Gasteiger charge is 2.17. The Morgan fingerprint density at radius 1 is 1.03 bits per heavy atom. The van der Waals surface area contributed by atoms with Gasteiger partial charge in [0, 0.05) is 16.0 Å². The molecule has 35 heavy (non-hydrogen) atoms. The second-order valence-corrected chi connectivity index (χ2v) is 9.98. The predicted octanol–water partition coefficient (Wildman–Crippen LogP) is 4.85. The van der Waals surface area contributed by atoms with Gasteiger partial charge in [0.1, 0.15) is 5.82 Å². The lowest BCUT2D eigenvalue weighted by Gasteiger charge is -2.10. The number of hydrogen-bond acceptors (Lipinski definition) is 9. The molecule has 2 aromatic carbocycles. The molecule has 180 valence electrons. The minimum absolute atomic E-state index is 0.0823. The third-order valence-electron chi connectivity index (χ3n) is 4.59. The molecule has 0 radical (unpaired) electrons. The minimum Gasteiger partial charge on any atom is -0.466 e. The molecule has 0 aliphatic heterocycles. The summed E-state index contributed by atoms with van der Waals surface area (Å²) in [5.41, 5.74) is 1.51. The number of para-hydroxylation sites is 1. The zero-order valence-electron chi connectivity index (χ0n) is 18.9. The van der Waals surface area contributed by atoms with Crippen molar-refractivity contribution in [1.82, 2.24) is 19.7 Å². The van der Waals surface area contributed by atoms with Crippen molar-refractivity contribution in [3.63, 3.8) is 0 Å². The van der Waals surface area contributed by atoms with Gasteiger partial charge in [-0.2, -0.15) is 0 Å². The maximum Gasteiger partial charge on any atom is 0.311 e. The van der Waals surface area contributed by atoms with E-state index in [1.165, 1.54) is 23.1 Å². The second-order valence-electron chi connectivity index (χ2n) is 7.13. The van der Waals surface area contributed by atoms with Gasteiger partial charge in [0.25, 0.3) is 0 Å². The topological polar surface area (TPSA) is 99.0 Å². The van der Waals surface area contributed by atoms with Crippen molar-refractivity contribution in [2.24, 2.45) is 0 Å². The van der Waals surface area contributed by atoms with Gasteiger partial charge in [0.15, 0.2) is 10.3 Å². The van der Waals surface area contributed by atoms with E-state index in [1.54, 1.807) is 24.1 Å². The van der Waals surface area contributed by atoms with Crippen molar-refractivity contribution in [1.29, 1.82) is 0 Å². The summed E-state index contributed by atoms with van der Waals surface area (Å²) < 4.78 is 6.91. The monoisotopic (exact) mass is 525 g/mol. The average Bonchev–Trinajstić information content (AvgIpc) is 3.49. The number of rotatable bonds is 11. The third kappa shape index (κ3) is 7.17. The summed E-state index contributed by atoms with van der Waals surface area (Å²) in [6.07, 6.45) is 0.0823. The average molecular weight is 526 g/mol. The molecule has 1 amide bonds. The molecule has 11 heteroatoms. The van der Waals surface area contributed by atoms with Crippen LogP contribution in [0, 0.1) is 0 Å². The summed E-state index contributed by atoms with van der Waals surface area (Å²) in [6, 6.07) is 20.0. The van der Waals surface area contributed by atoms with Gasteiger partial charge in [-0.05, 0) is 31.2 Å². The summed E-state index contributed by atoms with van der Waals surface area (Å²) in [5, 5.41) is 14.4. The van der Waals surface area contributed by atoms with Crippen molar-refractivity contribution in [3.8, 4) is 5.69 Å². The molecule has 0 spiro atoms. The van der Waals surface area contributed by atoms with Crippen LogP contribution in [0.2, 0.25) is 0 Å². The first kappa shape index (κ1) is 25.0. The van der Waals surface area contributed by atoms with Gasteiger partial charge in [0.2, 0.25) is 5.91 Å². The quantitative estimate of drug-likeness (QED) is 0.219. The van der Waals surface area contributed by atoms with Gasteiger partial charge >= 0.3 is 5.97 Å². The van der Waals surface area contributed by atoms with Crippen molar-refractivity contribution in [2.45, 2.75) is 29.1 Å². The van der Waals surface area contributed by atoms with Crippen LogP contribution in [-0.4, -0.2) is 44.0 Å². The summed E-state index contributed by atoms with van der Waals surface area (Å²) in [7, 11) is 0. The molecule has 4 aromatic rings. The first-order chi connectivity index (χ1) is 17.1. The van der Waals surface area contributed by atoms with Crippen LogP contribution in [0.25, 0.3) is 5.69 Å². The minimum atomic E-state index is -0.340. The Bertz CT molecular complexity index is 1260. The lowest BCUT2D eigenvalue weighted by molar-refractivity contribution is -0.142. The molecule has 8 nitrogen and oxygen atoms in total. The molecule has 2 aromatic heterocycles. The molecule has 0 fully saturated rings. The lowest BCUT2D eigenvalue weighted by Crippen LogP contribution is -2.15. The number of thioether (sulfide) groups is 2. The van der Waals surface area contributed by atoms with Gasteiger partial charge in [-0.25, -0.2) is 4.98 Å². The molecule has 1 N–H and O–H groups in total. The summed E-state index contributed by atoms with van der Waals surface area (Å²) >= 11 is 4.26. The van der Waals surface area contributed by atoms with Crippen LogP contribution in [-0.2, 0) is 26.5 Å².